The van der Waals surface area contributed by atoms with Gasteiger partial charge >= 0.3 is 0 Å². The first kappa shape index (κ1) is 8.53. The molecular weight excluding hydrogens is 140 g/mol. The quantitative estimate of drug-likeness (QED) is 0.613. The van der Waals surface area contributed by atoms with Crippen molar-refractivity contribution in [3.8, 4) is 0 Å². The molecule has 3 heteroatoms. The van der Waals surface area contributed by atoms with Gasteiger partial charge in [0, 0.05) is 18.5 Å². The molecular formula is C8H16N2O. The summed E-state index contributed by atoms with van der Waals surface area (Å²) in [6.45, 7) is 2.59. The molecule has 1 rings (SSSR count). The van der Waals surface area contributed by atoms with Crippen LogP contribution in [0.5, 0.6) is 0 Å². The highest BCUT2D eigenvalue weighted by molar-refractivity contribution is 5.76. The molecule has 0 bridgehead atoms. The maximum Gasteiger partial charge on any atom is 0.221 e. The van der Waals surface area contributed by atoms with Crippen LogP contribution in [0, 0.1) is 5.92 Å². The van der Waals surface area contributed by atoms with Gasteiger partial charge in [0.15, 0.2) is 0 Å². The van der Waals surface area contributed by atoms with E-state index in [0.29, 0.717) is 6.04 Å². The molecule has 0 radical (unpaired) electrons. The average Bonchev–Trinajstić information content (AvgIpc) is 1.83. The minimum atomic E-state index is -0.211. The van der Waals surface area contributed by atoms with E-state index in [-0.39, 0.29) is 11.8 Å². The van der Waals surface area contributed by atoms with Crippen molar-refractivity contribution in [2.24, 2.45) is 11.7 Å². The molecule has 0 aliphatic heterocycles. The van der Waals surface area contributed by atoms with Gasteiger partial charge in [-0.2, -0.15) is 0 Å². The molecule has 64 valence electrons. The second-order valence-electron chi connectivity index (χ2n) is 3.34. The van der Waals surface area contributed by atoms with Crippen LogP contribution in [0.25, 0.3) is 0 Å². The van der Waals surface area contributed by atoms with Crippen LogP contribution < -0.4 is 11.1 Å². The second-order valence-corrected chi connectivity index (χ2v) is 3.34. The summed E-state index contributed by atoms with van der Waals surface area (Å²) >= 11 is 0. The van der Waals surface area contributed by atoms with Crippen molar-refractivity contribution in [1.29, 1.82) is 0 Å². The predicted molar refractivity (Wildman–Crippen MR) is 44.0 cm³/mol. The van der Waals surface area contributed by atoms with Gasteiger partial charge in [-0.15, -0.1) is 0 Å². The van der Waals surface area contributed by atoms with Crippen molar-refractivity contribution in [2.75, 3.05) is 6.54 Å². The molecule has 1 amide bonds. The van der Waals surface area contributed by atoms with Crippen molar-refractivity contribution in [3.63, 3.8) is 0 Å². The summed E-state index contributed by atoms with van der Waals surface area (Å²) in [5, 5.41) is 3.30. The van der Waals surface area contributed by atoms with Gasteiger partial charge in [-0.1, -0.05) is 13.3 Å². The van der Waals surface area contributed by atoms with Crippen LogP contribution in [0.3, 0.4) is 0 Å². The molecule has 0 heterocycles. The molecule has 3 N–H and O–H groups in total. The molecule has 1 unspecified atom stereocenters. The van der Waals surface area contributed by atoms with Gasteiger partial charge in [0.1, 0.15) is 0 Å². The topological polar surface area (TPSA) is 55.1 Å². The third-order valence-electron chi connectivity index (χ3n) is 2.30. The van der Waals surface area contributed by atoms with Crippen molar-refractivity contribution in [2.45, 2.75) is 32.2 Å². The van der Waals surface area contributed by atoms with Crippen molar-refractivity contribution in [3.05, 3.63) is 0 Å². The maximum absolute atomic E-state index is 10.6. The highest BCUT2D eigenvalue weighted by Gasteiger charge is 2.18. The number of hydrogen-bond donors (Lipinski definition) is 2. The highest BCUT2D eigenvalue weighted by Crippen LogP contribution is 2.17. The van der Waals surface area contributed by atoms with Gasteiger partial charge in [0.2, 0.25) is 5.91 Å². The fraction of sp³-hybridized carbons (Fsp3) is 0.875. The number of rotatable bonds is 4. The van der Waals surface area contributed by atoms with E-state index in [2.05, 4.69) is 5.32 Å². The Morgan fingerprint density at radius 3 is 2.73 bits per heavy atom. The smallest absolute Gasteiger partial charge is 0.221 e. The summed E-state index contributed by atoms with van der Waals surface area (Å²) < 4.78 is 0. The van der Waals surface area contributed by atoms with Crippen LogP contribution >= 0.6 is 0 Å². The molecule has 11 heavy (non-hydrogen) atoms. The first-order chi connectivity index (χ1) is 5.20. The van der Waals surface area contributed by atoms with Gasteiger partial charge in [0.05, 0.1) is 0 Å². The monoisotopic (exact) mass is 156 g/mol. The fourth-order valence-corrected chi connectivity index (χ4v) is 1.06. The minimum absolute atomic E-state index is 0.0319. The van der Waals surface area contributed by atoms with E-state index in [9.17, 15) is 4.79 Å². The van der Waals surface area contributed by atoms with E-state index in [1.165, 1.54) is 19.3 Å². The predicted octanol–water partition coefficient (Wildman–Crippen LogP) is 0.250. The van der Waals surface area contributed by atoms with E-state index in [1.807, 2.05) is 6.92 Å². The number of hydrogen-bond acceptors (Lipinski definition) is 2. The lowest BCUT2D eigenvalue weighted by Crippen LogP contribution is -2.40. The average molecular weight is 156 g/mol. The summed E-state index contributed by atoms with van der Waals surface area (Å²) in [5.74, 6) is -0.243. The Hall–Kier alpha value is -0.570. The van der Waals surface area contributed by atoms with E-state index in [4.69, 9.17) is 5.73 Å². The summed E-state index contributed by atoms with van der Waals surface area (Å²) in [7, 11) is 0. The van der Waals surface area contributed by atoms with Gasteiger partial charge in [-0.3, -0.25) is 4.79 Å². The maximum atomic E-state index is 10.6. The summed E-state index contributed by atoms with van der Waals surface area (Å²) in [6.07, 6.45) is 3.83. The van der Waals surface area contributed by atoms with Crippen LogP contribution in [0.4, 0.5) is 0 Å². The molecule has 0 aromatic heterocycles. The summed E-state index contributed by atoms with van der Waals surface area (Å²) in [6, 6.07) is 0.650. The Morgan fingerprint density at radius 1 is 1.73 bits per heavy atom. The number of nitrogens with two attached hydrogens (primary N) is 1. The molecule has 0 spiro atoms. The minimum Gasteiger partial charge on any atom is -0.369 e. The van der Waals surface area contributed by atoms with Crippen molar-refractivity contribution in [1.82, 2.24) is 5.32 Å². The number of nitrogens with one attached hydrogen (secondary N) is 1. The lowest BCUT2D eigenvalue weighted by molar-refractivity contribution is -0.121. The molecule has 0 aromatic rings. The van der Waals surface area contributed by atoms with Gasteiger partial charge < -0.3 is 11.1 Å². The standard InChI is InChI=1S/C8H16N2O/c1-6(8(9)11)5-10-7-3-2-4-7/h6-7,10H,2-5H2,1H3,(H2,9,11). The summed E-state index contributed by atoms with van der Waals surface area (Å²) in [5.41, 5.74) is 5.10. The lowest BCUT2D eigenvalue weighted by atomic mass is 9.93. The Morgan fingerprint density at radius 2 is 2.36 bits per heavy atom. The Balaban J connectivity index is 2.05. The molecule has 3 nitrogen and oxygen atoms in total. The van der Waals surface area contributed by atoms with Crippen LogP contribution in [0.15, 0.2) is 0 Å². The molecule has 0 saturated heterocycles. The largest absolute Gasteiger partial charge is 0.369 e. The second kappa shape index (κ2) is 3.72. The number of carbonyl (C=O) groups excluding carboxylic acids is 1. The molecule has 1 atom stereocenters. The number of carbonyl (C=O) groups is 1. The Bertz CT molecular complexity index is 143. The number of amides is 1. The molecule has 1 fully saturated rings. The van der Waals surface area contributed by atoms with Crippen LogP contribution in [0.2, 0.25) is 0 Å². The number of primary amides is 1. The van der Waals surface area contributed by atoms with E-state index >= 15 is 0 Å². The van der Waals surface area contributed by atoms with Crippen molar-refractivity contribution >= 4 is 5.91 Å². The van der Waals surface area contributed by atoms with Crippen molar-refractivity contribution < 1.29 is 4.79 Å². The van der Waals surface area contributed by atoms with Crippen LogP contribution in [-0.2, 0) is 4.79 Å². The van der Waals surface area contributed by atoms with E-state index < -0.39 is 0 Å². The Kier molecular flexibility index (Phi) is 2.88. The Labute approximate surface area is 67.3 Å². The third-order valence-corrected chi connectivity index (χ3v) is 2.30. The molecule has 1 aliphatic rings. The van der Waals surface area contributed by atoms with Gasteiger partial charge in [-0.05, 0) is 12.8 Å². The van der Waals surface area contributed by atoms with Crippen LogP contribution in [-0.4, -0.2) is 18.5 Å². The molecule has 1 aliphatic carbocycles. The zero-order chi connectivity index (χ0) is 8.27. The lowest BCUT2D eigenvalue weighted by Gasteiger charge is -2.27. The highest BCUT2D eigenvalue weighted by atomic mass is 16.1. The molecule has 0 aromatic carbocycles. The van der Waals surface area contributed by atoms with E-state index in [1.54, 1.807) is 0 Å². The first-order valence-electron chi connectivity index (χ1n) is 4.23. The SMILES string of the molecule is CC(CNC1CCC1)C(N)=O. The zero-order valence-corrected chi connectivity index (χ0v) is 6.97. The third kappa shape index (κ3) is 2.50. The molecule has 1 saturated carbocycles. The summed E-state index contributed by atoms with van der Waals surface area (Å²) in [4.78, 5) is 10.6. The fourth-order valence-electron chi connectivity index (χ4n) is 1.06. The van der Waals surface area contributed by atoms with E-state index in [0.717, 1.165) is 6.54 Å². The van der Waals surface area contributed by atoms with Gasteiger partial charge in [-0.25, -0.2) is 0 Å². The zero-order valence-electron chi connectivity index (χ0n) is 6.97. The first-order valence-corrected chi connectivity index (χ1v) is 4.23. The van der Waals surface area contributed by atoms with Crippen LogP contribution in [0.1, 0.15) is 26.2 Å². The van der Waals surface area contributed by atoms with Gasteiger partial charge in [0.25, 0.3) is 0 Å². The normalized spacial score (nSPS) is 20.8.